The van der Waals surface area contributed by atoms with Gasteiger partial charge in [0.15, 0.2) is 5.82 Å². The van der Waals surface area contributed by atoms with Crippen LogP contribution >= 0.6 is 0 Å². The smallest absolute Gasteiger partial charge is 0.416 e. The first-order valence-electron chi connectivity index (χ1n) is 25.7. The van der Waals surface area contributed by atoms with Crippen molar-refractivity contribution in [2.45, 2.75) is 174 Å². The van der Waals surface area contributed by atoms with E-state index in [0.717, 1.165) is 65.3 Å². The van der Waals surface area contributed by atoms with Gasteiger partial charge in [-0.05, 0) is 83.5 Å². The third kappa shape index (κ3) is 21.9. The molecular formula is C57H70F6N4O7. The molecule has 11 nitrogen and oxygen atoms in total. The second-order valence-corrected chi connectivity index (χ2v) is 18.7. The van der Waals surface area contributed by atoms with Crippen molar-refractivity contribution < 1.29 is 60.3 Å². The molecule has 2 N–H and O–H groups in total. The van der Waals surface area contributed by atoms with Crippen molar-refractivity contribution in [3.8, 4) is 11.5 Å². The number of hydrogen-bond acceptors (Lipinski definition) is 7. The molecule has 0 aliphatic carbocycles. The van der Waals surface area contributed by atoms with Crippen LogP contribution in [0.5, 0.6) is 0 Å². The van der Waals surface area contributed by atoms with Crippen molar-refractivity contribution in [2.75, 3.05) is 0 Å². The Morgan fingerprint density at radius 2 is 0.838 bits per heavy atom. The van der Waals surface area contributed by atoms with Crippen LogP contribution in [0.15, 0.2) is 102 Å². The Kier molecular flexibility index (Phi) is 25.4. The Morgan fingerprint density at radius 3 is 1.24 bits per heavy atom. The monoisotopic (exact) mass is 1040 g/mol. The molecule has 0 aliphatic rings. The van der Waals surface area contributed by atoms with Gasteiger partial charge in [-0.1, -0.05) is 176 Å². The average molecular weight is 1040 g/mol. The number of hydrogen-bond donors (Lipinski definition) is 2. The molecule has 0 fully saturated rings. The lowest BCUT2D eigenvalue weighted by atomic mass is 10.0. The molecule has 2 amide bonds. The fourth-order valence-electron chi connectivity index (χ4n) is 8.29. The molecule has 4 aromatic carbocycles. The number of amides is 2. The summed E-state index contributed by atoms with van der Waals surface area (Å²) in [5.41, 5.74) is 2.37. The SMILES string of the molecule is CCCCCCCCCCCc1noc(-c2cccc(CN(Cc3ccc(C(F)(F)F)cc3)C(=O)C(=O)O)c2)n1.CCCCCCCCCCc1ccc(CN(Cc2ccc(C(F)(F)F)cc2)C(=O)C(=O)O)cc1. The van der Waals surface area contributed by atoms with Crippen LogP contribution in [0.1, 0.15) is 168 Å². The summed E-state index contributed by atoms with van der Waals surface area (Å²) in [6.07, 6.45) is 13.8. The molecular weight excluding hydrogens is 967 g/mol. The van der Waals surface area contributed by atoms with E-state index in [1.165, 1.54) is 120 Å². The topological polar surface area (TPSA) is 154 Å². The minimum atomic E-state index is -4.49. The highest BCUT2D eigenvalue weighted by atomic mass is 19.4. The Labute approximate surface area is 430 Å². The Morgan fingerprint density at radius 1 is 0.473 bits per heavy atom. The highest BCUT2D eigenvalue weighted by Crippen LogP contribution is 2.31. The minimum absolute atomic E-state index is 0.0597. The standard InChI is InChI=1S/C30H36F3N3O4.C27H34F3NO3/c1-2-3-4-5-6-7-8-9-10-14-26-34-27(40-35-26)24-13-11-12-23(19-24)21-36(28(37)29(38)39)20-22-15-17-25(18-16-22)30(31,32)33;1-2-3-4-5-6-7-8-9-10-21-11-13-22(14-12-21)19-31(25(32)26(33)34)20-23-15-17-24(18-16-23)27(28,29)30/h11-13,15-19H,2-10,14,20-21H2,1H3,(H,38,39);11-18H,2-10,19-20H2,1H3,(H,33,34). The Balaban J connectivity index is 0.000000325. The molecule has 0 spiro atoms. The maximum Gasteiger partial charge on any atom is 0.416 e. The van der Waals surface area contributed by atoms with Gasteiger partial charge in [-0.3, -0.25) is 9.59 Å². The number of rotatable bonds is 28. The first-order valence-corrected chi connectivity index (χ1v) is 25.7. The van der Waals surface area contributed by atoms with Gasteiger partial charge in [0.05, 0.1) is 11.1 Å². The van der Waals surface area contributed by atoms with Gasteiger partial charge >= 0.3 is 36.1 Å². The highest BCUT2D eigenvalue weighted by molar-refractivity contribution is 6.31. The number of aromatic nitrogens is 2. The molecule has 0 aliphatic heterocycles. The van der Waals surface area contributed by atoms with Gasteiger partial charge in [-0.25, -0.2) is 9.59 Å². The molecule has 5 aromatic rings. The van der Waals surface area contributed by atoms with E-state index in [-0.39, 0.29) is 26.2 Å². The van der Waals surface area contributed by atoms with Crippen LogP contribution in [0.25, 0.3) is 11.5 Å². The molecule has 0 bridgehead atoms. The summed E-state index contributed by atoms with van der Waals surface area (Å²) in [6.45, 7) is 4.16. The number of carbonyl (C=O) groups excluding carboxylic acids is 2. The largest absolute Gasteiger partial charge is 0.474 e. The number of alkyl halides is 6. The molecule has 1 heterocycles. The highest BCUT2D eigenvalue weighted by Gasteiger charge is 2.31. The van der Waals surface area contributed by atoms with E-state index < -0.39 is 47.2 Å². The van der Waals surface area contributed by atoms with Crippen molar-refractivity contribution in [1.29, 1.82) is 0 Å². The number of halogens is 6. The molecule has 402 valence electrons. The molecule has 1 aromatic heterocycles. The number of aliphatic carboxylic acids is 2. The summed E-state index contributed by atoms with van der Waals surface area (Å²) in [5.74, 6) is -4.56. The summed E-state index contributed by atoms with van der Waals surface area (Å²) in [7, 11) is 0. The number of unbranched alkanes of at least 4 members (excludes halogenated alkanes) is 15. The lowest BCUT2D eigenvalue weighted by Crippen LogP contribution is -2.35. The van der Waals surface area contributed by atoms with Crippen molar-refractivity contribution >= 4 is 23.8 Å². The zero-order valence-corrected chi connectivity index (χ0v) is 42.5. The molecule has 0 radical (unpaired) electrons. The van der Waals surface area contributed by atoms with Crippen LogP contribution in [0.3, 0.4) is 0 Å². The van der Waals surface area contributed by atoms with Gasteiger partial charge in [-0.15, -0.1) is 0 Å². The second kappa shape index (κ2) is 31.3. The van der Waals surface area contributed by atoms with Crippen LogP contribution in [0, 0.1) is 0 Å². The summed E-state index contributed by atoms with van der Waals surface area (Å²) < 4.78 is 82.4. The van der Waals surface area contributed by atoms with Crippen molar-refractivity contribution in [2.24, 2.45) is 0 Å². The Bertz CT molecular complexity index is 2460. The molecule has 0 saturated heterocycles. The zero-order valence-electron chi connectivity index (χ0n) is 42.5. The van der Waals surface area contributed by atoms with Crippen LogP contribution < -0.4 is 0 Å². The van der Waals surface area contributed by atoms with Crippen molar-refractivity contribution in [1.82, 2.24) is 19.9 Å². The van der Waals surface area contributed by atoms with E-state index in [2.05, 4.69) is 24.0 Å². The fourth-order valence-corrected chi connectivity index (χ4v) is 8.29. The van der Waals surface area contributed by atoms with Crippen LogP contribution in [0.4, 0.5) is 26.3 Å². The van der Waals surface area contributed by atoms with E-state index in [1.54, 1.807) is 24.3 Å². The number of benzene rings is 4. The summed E-state index contributed by atoms with van der Waals surface area (Å²) in [4.78, 5) is 53.9. The Hall–Kier alpha value is -6.52. The molecule has 5 rings (SSSR count). The van der Waals surface area contributed by atoms with Crippen LogP contribution in [0.2, 0.25) is 0 Å². The first kappa shape index (κ1) is 60.0. The molecule has 0 atom stereocenters. The quantitative estimate of drug-likeness (QED) is 0.0283. The van der Waals surface area contributed by atoms with E-state index in [9.17, 15) is 50.6 Å². The zero-order chi connectivity index (χ0) is 53.9. The van der Waals surface area contributed by atoms with Gasteiger partial charge < -0.3 is 24.5 Å². The maximum absolute atomic E-state index is 12.9. The third-order valence-electron chi connectivity index (χ3n) is 12.5. The van der Waals surface area contributed by atoms with Gasteiger partial charge in [0.25, 0.3) is 5.89 Å². The van der Waals surface area contributed by atoms with Gasteiger partial charge in [-0.2, -0.15) is 31.3 Å². The summed E-state index contributed by atoms with van der Waals surface area (Å²) in [6, 6.07) is 23.3. The van der Waals surface area contributed by atoms with Gasteiger partial charge in [0.2, 0.25) is 0 Å². The normalized spacial score (nSPS) is 11.5. The number of carboxylic acid groups (broad SMARTS) is 2. The van der Waals surface area contributed by atoms with E-state index in [4.69, 9.17) is 9.63 Å². The number of carbonyl (C=O) groups is 4. The summed E-state index contributed by atoms with van der Waals surface area (Å²) in [5, 5.41) is 22.5. The van der Waals surface area contributed by atoms with E-state index in [0.29, 0.717) is 40.4 Å². The molecule has 0 saturated carbocycles. The average Bonchev–Trinajstić information content (AvgIpc) is 3.85. The van der Waals surface area contributed by atoms with E-state index >= 15 is 0 Å². The minimum Gasteiger partial charge on any atom is -0.474 e. The predicted molar refractivity (Wildman–Crippen MR) is 270 cm³/mol. The second-order valence-electron chi connectivity index (χ2n) is 18.7. The van der Waals surface area contributed by atoms with Crippen LogP contribution in [-0.2, 0) is 70.6 Å². The van der Waals surface area contributed by atoms with E-state index in [1.807, 2.05) is 24.3 Å². The lowest BCUT2D eigenvalue weighted by molar-refractivity contribution is -0.156. The number of carboxylic acids is 2. The van der Waals surface area contributed by atoms with Gasteiger partial charge in [0, 0.05) is 38.2 Å². The summed E-state index contributed by atoms with van der Waals surface area (Å²) >= 11 is 0. The predicted octanol–water partition coefficient (Wildman–Crippen LogP) is 14.4. The molecule has 74 heavy (non-hydrogen) atoms. The third-order valence-corrected chi connectivity index (χ3v) is 12.5. The van der Waals surface area contributed by atoms with Crippen molar-refractivity contribution in [3.63, 3.8) is 0 Å². The first-order chi connectivity index (χ1) is 35.4. The fraction of sp³-hybridized carbons (Fsp3) is 0.474. The maximum atomic E-state index is 12.9. The molecule has 17 heteroatoms. The van der Waals surface area contributed by atoms with Crippen LogP contribution in [-0.4, -0.2) is 53.9 Å². The number of nitrogens with zero attached hydrogens (tertiary/aromatic N) is 4. The van der Waals surface area contributed by atoms with Gasteiger partial charge in [0.1, 0.15) is 0 Å². The lowest BCUT2D eigenvalue weighted by Gasteiger charge is -2.21. The van der Waals surface area contributed by atoms with Crippen molar-refractivity contribution in [3.05, 3.63) is 142 Å². The molecule has 0 unspecified atom stereocenters. The number of aryl methyl sites for hydroxylation is 2.